The summed E-state index contributed by atoms with van der Waals surface area (Å²) in [6, 6.07) is 13.1. The van der Waals surface area contributed by atoms with Gasteiger partial charge in [0.15, 0.2) is 6.61 Å². The van der Waals surface area contributed by atoms with E-state index in [-0.39, 0.29) is 12.5 Å². The van der Waals surface area contributed by atoms with Crippen LogP contribution in [0.3, 0.4) is 0 Å². The van der Waals surface area contributed by atoms with Crippen LogP contribution in [0, 0.1) is 13.8 Å². The number of rotatable bonds is 7. The van der Waals surface area contributed by atoms with E-state index in [4.69, 9.17) is 9.47 Å². The number of imidazole rings is 1. The molecule has 1 heterocycles. The zero-order chi connectivity index (χ0) is 20.1. The van der Waals surface area contributed by atoms with Gasteiger partial charge in [-0.1, -0.05) is 18.2 Å². The number of amides is 1. The summed E-state index contributed by atoms with van der Waals surface area (Å²) in [7, 11) is 3.51. The van der Waals surface area contributed by atoms with Crippen molar-refractivity contribution in [2.45, 2.75) is 19.9 Å². The van der Waals surface area contributed by atoms with Gasteiger partial charge in [-0.15, -0.1) is 0 Å². The normalized spacial score (nSPS) is 11.7. The maximum Gasteiger partial charge on any atom is 0.258 e. The molecule has 3 rings (SSSR count). The Morgan fingerprint density at radius 1 is 1.14 bits per heavy atom. The van der Waals surface area contributed by atoms with E-state index in [0.717, 1.165) is 28.3 Å². The number of nitrogens with one attached hydrogen (secondary N) is 1. The zero-order valence-electron chi connectivity index (χ0n) is 16.6. The van der Waals surface area contributed by atoms with Crippen LogP contribution in [0.1, 0.15) is 28.6 Å². The predicted octanol–water partition coefficient (Wildman–Crippen LogP) is 3.33. The molecule has 146 valence electrons. The van der Waals surface area contributed by atoms with Gasteiger partial charge in [0.2, 0.25) is 0 Å². The van der Waals surface area contributed by atoms with Crippen LogP contribution >= 0.6 is 0 Å². The molecule has 3 aromatic rings. The lowest BCUT2D eigenvalue weighted by Crippen LogP contribution is -2.34. The van der Waals surface area contributed by atoms with Crippen molar-refractivity contribution in [2.75, 3.05) is 13.7 Å². The second kappa shape index (κ2) is 8.61. The van der Waals surface area contributed by atoms with Crippen molar-refractivity contribution in [3.05, 3.63) is 77.4 Å². The molecule has 0 radical (unpaired) electrons. The number of hydrogen-bond acceptors (Lipinski definition) is 4. The van der Waals surface area contributed by atoms with Gasteiger partial charge in [0.1, 0.15) is 23.4 Å². The highest BCUT2D eigenvalue weighted by Crippen LogP contribution is 2.24. The molecule has 0 aliphatic carbocycles. The first-order chi connectivity index (χ1) is 13.5. The molecule has 6 nitrogen and oxygen atoms in total. The van der Waals surface area contributed by atoms with E-state index < -0.39 is 6.04 Å². The Morgan fingerprint density at radius 2 is 1.89 bits per heavy atom. The predicted molar refractivity (Wildman–Crippen MR) is 108 cm³/mol. The molecular formula is C22H25N3O3. The van der Waals surface area contributed by atoms with Gasteiger partial charge in [-0.25, -0.2) is 4.98 Å². The lowest BCUT2D eigenvalue weighted by Gasteiger charge is -2.20. The Kier molecular flexibility index (Phi) is 5.99. The zero-order valence-corrected chi connectivity index (χ0v) is 16.6. The van der Waals surface area contributed by atoms with E-state index in [1.807, 2.05) is 68.1 Å². The highest BCUT2D eigenvalue weighted by atomic mass is 16.5. The largest absolute Gasteiger partial charge is 0.497 e. The van der Waals surface area contributed by atoms with Crippen LogP contribution in [0.4, 0.5) is 0 Å². The van der Waals surface area contributed by atoms with Gasteiger partial charge in [0.05, 0.1) is 7.11 Å². The Bertz CT molecular complexity index is 945. The second-order valence-corrected chi connectivity index (χ2v) is 6.79. The third-order valence-electron chi connectivity index (χ3n) is 4.41. The monoisotopic (exact) mass is 379 g/mol. The smallest absolute Gasteiger partial charge is 0.258 e. The summed E-state index contributed by atoms with van der Waals surface area (Å²) in [6.07, 6.45) is 3.56. The van der Waals surface area contributed by atoms with Gasteiger partial charge >= 0.3 is 0 Å². The number of nitrogens with zero attached hydrogens (tertiary/aromatic N) is 2. The van der Waals surface area contributed by atoms with E-state index in [1.165, 1.54) is 0 Å². The van der Waals surface area contributed by atoms with Crippen LogP contribution in [0.5, 0.6) is 11.5 Å². The summed E-state index contributed by atoms with van der Waals surface area (Å²) in [4.78, 5) is 17.0. The number of ether oxygens (including phenoxy) is 2. The first-order valence-corrected chi connectivity index (χ1v) is 9.08. The first-order valence-electron chi connectivity index (χ1n) is 9.08. The Hall–Kier alpha value is -3.28. The molecule has 1 aromatic heterocycles. The molecule has 0 bridgehead atoms. The van der Waals surface area contributed by atoms with Crippen LogP contribution in [0.2, 0.25) is 0 Å². The van der Waals surface area contributed by atoms with Gasteiger partial charge in [0.25, 0.3) is 5.91 Å². The van der Waals surface area contributed by atoms with Crippen molar-refractivity contribution in [3.8, 4) is 11.5 Å². The molecule has 0 aliphatic heterocycles. The topological polar surface area (TPSA) is 65.4 Å². The summed E-state index contributed by atoms with van der Waals surface area (Å²) < 4.78 is 12.9. The number of benzene rings is 2. The fourth-order valence-electron chi connectivity index (χ4n) is 3.14. The number of hydrogen-bond donors (Lipinski definition) is 1. The summed E-state index contributed by atoms with van der Waals surface area (Å²) in [5.41, 5.74) is 3.07. The molecule has 6 heteroatoms. The summed E-state index contributed by atoms with van der Waals surface area (Å²) >= 11 is 0. The number of carbonyl (C=O) groups is 1. The molecule has 28 heavy (non-hydrogen) atoms. The molecule has 0 saturated carbocycles. The van der Waals surface area contributed by atoms with Crippen LogP contribution in [0.15, 0.2) is 54.9 Å². The van der Waals surface area contributed by atoms with Gasteiger partial charge in [0, 0.05) is 19.4 Å². The van der Waals surface area contributed by atoms with Crippen molar-refractivity contribution in [1.29, 1.82) is 0 Å². The minimum Gasteiger partial charge on any atom is -0.497 e. The van der Waals surface area contributed by atoms with Gasteiger partial charge < -0.3 is 19.4 Å². The summed E-state index contributed by atoms with van der Waals surface area (Å²) in [5.74, 6) is 1.91. The van der Waals surface area contributed by atoms with Crippen LogP contribution in [-0.2, 0) is 11.8 Å². The summed E-state index contributed by atoms with van der Waals surface area (Å²) in [6.45, 7) is 3.92. The number of aryl methyl sites for hydroxylation is 3. The fourth-order valence-corrected chi connectivity index (χ4v) is 3.14. The van der Waals surface area contributed by atoms with Gasteiger partial charge in [-0.3, -0.25) is 4.79 Å². The van der Waals surface area contributed by atoms with Crippen molar-refractivity contribution in [1.82, 2.24) is 14.9 Å². The Balaban J connectivity index is 1.77. The van der Waals surface area contributed by atoms with Crippen molar-refractivity contribution >= 4 is 5.91 Å². The maximum absolute atomic E-state index is 12.6. The average Bonchev–Trinajstić information content (AvgIpc) is 3.09. The van der Waals surface area contributed by atoms with Crippen molar-refractivity contribution in [2.24, 2.45) is 7.05 Å². The lowest BCUT2D eigenvalue weighted by atomic mass is 10.1. The Morgan fingerprint density at radius 3 is 2.54 bits per heavy atom. The summed E-state index contributed by atoms with van der Waals surface area (Å²) in [5, 5.41) is 3.02. The molecule has 1 atom stereocenters. The fraction of sp³-hybridized carbons (Fsp3) is 0.273. The molecule has 0 saturated heterocycles. The van der Waals surface area contributed by atoms with Gasteiger partial charge in [-0.05, 0) is 54.8 Å². The molecule has 0 fully saturated rings. The van der Waals surface area contributed by atoms with E-state index in [9.17, 15) is 4.79 Å². The van der Waals surface area contributed by atoms with E-state index in [1.54, 1.807) is 13.3 Å². The number of aromatic nitrogens is 2. The van der Waals surface area contributed by atoms with Crippen LogP contribution in [0.25, 0.3) is 0 Å². The third-order valence-corrected chi connectivity index (χ3v) is 4.41. The third kappa shape index (κ3) is 4.71. The quantitative estimate of drug-likeness (QED) is 0.684. The molecule has 1 N–H and O–H groups in total. The Labute approximate surface area is 165 Å². The highest BCUT2D eigenvalue weighted by Gasteiger charge is 2.21. The maximum atomic E-state index is 12.6. The lowest BCUT2D eigenvalue weighted by molar-refractivity contribution is -0.123. The van der Waals surface area contributed by atoms with E-state index in [0.29, 0.717) is 5.75 Å². The number of carbonyl (C=O) groups excluding carboxylic acids is 1. The van der Waals surface area contributed by atoms with E-state index >= 15 is 0 Å². The van der Waals surface area contributed by atoms with Crippen LogP contribution < -0.4 is 14.8 Å². The molecule has 1 amide bonds. The van der Waals surface area contributed by atoms with Crippen molar-refractivity contribution in [3.63, 3.8) is 0 Å². The minimum absolute atomic E-state index is 0.0756. The number of methoxy groups -OCH3 is 1. The average molecular weight is 379 g/mol. The minimum atomic E-state index is -0.412. The van der Waals surface area contributed by atoms with Crippen LogP contribution in [-0.4, -0.2) is 29.2 Å². The molecule has 0 aliphatic rings. The van der Waals surface area contributed by atoms with E-state index in [2.05, 4.69) is 16.4 Å². The second-order valence-electron chi connectivity index (χ2n) is 6.79. The standard InChI is InChI=1S/C22H25N3O3/c1-15-10-16(2)12-19(11-15)28-14-20(26)24-21(22-23-8-9-25(22)3)17-6-5-7-18(13-17)27-4/h5-13,21H,14H2,1-4H3,(H,24,26)/t21-/m1/s1. The molecular weight excluding hydrogens is 354 g/mol. The van der Waals surface area contributed by atoms with Crippen molar-refractivity contribution < 1.29 is 14.3 Å². The molecule has 0 spiro atoms. The van der Waals surface area contributed by atoms with Gasteiger partial charge in [-0.2, -0.15) is 0 Å². The SMILES string of the molecule is COc1cccc([C@@H](NC(=O)COc2cc(C)cc(C)c2)c2nccn2C)c1. The first kappa shape index (κ1) is 19.5. The molecule has 2 aromatic carbocycles. The highest BCUT2D eigenvalue weighted by molar-refractivity contribution is 5.78. The molecule has 0 unspecified atom stereocenters.